The van der Waals surface area contributed by atoms with Gasteiger partial charge in [0.05, 0.1) is 6.26 Å². The van der Waals surface area contributed by atoms with Crippen LogP contribution in [-0.4, -0.2) is 48.5 Å². The quantitative estimate of drug-likeness (QED) is 0.585. The highest BCUT2D eigenvalue weighted by Gasteiger charge is 2.36. The summed E-state index contributed by atoms with van der Waals surface area (Å²) in [5, 5.41) is 5.66. The molecule has 0 spiro atoms. The number of halogens is 3. The van der Waals surface area contributed by atoms with Crippen LogP contribution in [0.1, 0.15) is 37.3 Å². The largest absolute Gasteiger partial charge is 0.421 e. The summed E-state index contributed by atoms with van der Waals surface area (Å²) >= 11 is 0. The van der Waals surface area contributed by atoms with E-state index in [4.69, 9.17) is 0 Å². The van der Waals surface area contributed by atoms with Gasteiger partial charge in [-0.25, -0.2) is 18.4 Å². The summed E-state index contributed by atoms with van der Waals surface area (Å²) < 4.78 is 65.3. The highest BCUT2D eigenvalue weighted by atomic mass is 32.2. The normalized spacial score (nSPS) is 18.7. The van der Waals surface area contributed by atoms with Crippen LogP contribution in [0.4, 0.5) is 30.8 Å². The standard InChI is InChI=1S/C20H25F3N6O3S/c1-12(30)13-6-7-15(9-13)27-19-26-11-16(20(21,22)23)17(28-19)25-10-14-5-4-8-24-18(14)29(2)33(3,31)32/h4-5,8,11,13,15H,6-7,9-10H2,1-3H3,(H2,25,26,27,28)/t13?,15-/m1/s1. The van der Waals surface area contributed by atoms with Crippen molar-refractivity contribution in [2.75, 3.05) is 28.2 Å². The van der Waals surface area contributed by atoms with Crippen molar-refractivity contribution in [3.63, 3.8) is 0 Å². The van der Waals surface area contributed by atoms with Gasteiger partial charge in [-0.15, -0.1) is 0 Å². The monoisotopic (exact) mass is 486 g/mol. The minimum absolute atomic E-state index is 0.0133. The third-order valence-corrected chi connectivity index (χ3v) is 6.71. The lowest BCUT2D eigenvalue weighted by Gasteiger charge is -2.20. The number of pyridine rings is 1. The maximum atomic E-state index is 13.5. The van der Waals surface area contributed by atoms with Gasteiger partial charge in [0.25, 0.3) is 0 Å². The minimum atomic E-state index is -4.70. The van der Waals surface area contributed by atoms with Crippen LogP contribution in [0.5, 0.6) is 0 Å². The first-order valence-electron chi connectivity index (χ1n) is 10.2. The lowest BCUT2D eigenvalue weighted by atomic mass is 10.0. The number of hydrogen-bond donors (Lipinski definition) is 2. The zero-order valence-electron chi connectivity index (χ0n) is 18.3. The van der Waals surface area contributed by atoms with Crippen molar-refractivity contribution in [3.05, 3.63) is 35.7 Å². The fourth-order valence-electron chi connectivity index (χ4n) is 3.65. The number of hydrogen-bond acceptors (Lipinski definition) is 8. The Balaban J connectivity index is 1.84. The van der Waals surface area contributed by atoms with E-state index in [0.29, 0.717) is 31.0 Å². The Labute approximate surface area is 189 Å². The average Bonchev–Trinajstić information content (AvgIpc) is 3.19. The van der Waals surface area contributed by atoms with Gasteiger partial charge in [-0.1, -0.05) is 6.07 Å². The smallest absolute Gasteiger partial charge is 0.365 e. The molecule has 1 unspecified atom stereocenters. The van der Waals surface area contributed by atoms with Gasteiger partial charge >= 0.3 is 6.18 Å². The molecule has 9 nitrogen and oxygen atoms in total. The third-order valence-electron chi connectivity index (χ3n) is 5.54. The van der Waals surface area contributed by atoms with Crippen molar-refractivity contribution in [1.29, 1.82) is 0 Å². The van der Waals surface area contributed by atoms with E-state index in [1.807, 2.05) is 0 Å². The molecule has 1 aliphatic rings. The number of anilines is 3. The number of carbonyl (C=O) groups excluding carboxylic acids is 1. The van der Waals surface area contributed by atoms with Gasteiger partial charge in [0.2, 0.25) is 16.0 Å². The third kappa shape index (κ3) is 6.09. The second-order valence-corrected chi connectivity index (χ2v) is 10.00. The molecule has 2 aromatic rings. The zero-order valence-corrected chi connectivity index (χ0v) is 19.2. The number of aromatic nitrogens is 3. The molecule has 0 saturated heterocycles. The first kappa shape index (κ1) is 24.7. The molecule has 0 aliphatic heterocycles. The molecule has 0 bridgehead atoms. The first-order valence-corrected chi connectivity index (χ1v) is 12.0. The van der Waals surface area contributed by atoms with Gasteiger partial charge in [-0.05, 0) is 32.3 Å². The van der Waals surface area contributed by atoms with Gasteiger partial charge < -0.3 is 10.6 Å². The van der Waals surface area contributed by atoms with E-state index < -0.39 is 27.6 Å². The SMILES string of the molecule is CC(=O)C1CC[C@@H](Nc2ncc(C(F)(F)F)c(NCc3cccnc3N(C)S(C)(=O)=O)n2)C1. The second kappa shape index (κ2) is 9.49. The van der Waals surface area contributed by atoms with Crippen LogP contribution in [0, 0.1) is 5.92 Å². The molecule has 2 N–H and O–H groups in total. The van der Waals surface area contributed by atoms with Gasteiger partial charge in [-0.2, -0.15) is 18.2 Å². The molecular weight excluding hydrogens is 461 g/mol. The fourth-order valence-corrected chi connectivity index (χ4v) is 4.12. The number of sulfonamides is 1. The first-order chi connectivity index (χ1) is 15.4. The Morgan fingerprint density at radius 2 is 2.00 bits per heavy atom. The molecule has 0 amide bonds. The molecule has 0 radical (unpaired) electrons. The lowest BCUT2D eigenvalue weighted by Crippen LogP contribution is -2.27. The Morgan fingerprint density at radius 3 is 2.61 bits per heavy atom. The molecule has 1 saturated carbocycles. The Kier molecular flexibility index (Phi) is 7.10. The van der Waals surface area contributed by atoms with E-state index in [1.54, 1.807) is 12.1 Å². The molecule has 180 valence electrons. The molecule has 1 fully saturated rings. The fraction of sp³-hybridized carbons (Fsp3) is 0.500. The van der Waals surface area contributed by atoms with Crippen LogP contribution >= 0.6 is 0 Å². The zero-order chi connectivity index (χ0) is 24.4. The number of alkyl halides is 3. The van der Waals surface area contributed by atoms with Gasteiger partial charge in [0, 0.05) is 43.5 Å². The van der Waals surface area contributed by atoms with E-state index in [9.17, 15) is 26.4 Å². The van der Waals surface area contributed by atoms with E-state index >= 15 is 0 Å². The van der Waals surface area contributed by atoms with Crippen LogP contribution < -0.4 is 14.9 Å². The lowest BCUT2D eigenvalue weighted by molar-refractivity contribution is -0.137. The molecule has 2 heterocycles. The predicted molar refractivity (Wildman–Crippen MR) is 117 cm³/mol. The Bertz CT molecular complexity index is 1130. The maximum absolute atomic E-state index is 13.5. The number of rotatable bonds is 8. The van der Waals surface area contributed by atoms with Crippen LogP contribution in [0.3, 0.4) is 0 Å². The number of Topliss-reactive ketones (excluding diaryl/α,β-unsaturated/α-hetero) is 1. The molecule has 1 aliphatic carbocycles. The van der Waals surface area contributed by atoms with Crippen molar-refractivity contribution in [2.24, 2.45) is 5.92 Å². The number of nitrogens with zero attached hydrogens (tertiary/aromatic N) is 4. The number of carbonyl (C=O) groups is 1. The average molecular weight is 487 g/mol. The Hall–Kier alpha value is -2.96. The number of nitrogens with one attached hydrogen (secondary N) is 2. The molecule has 33 heavy (non-hydrogen) atoms. The second-order valence-electron chi connectivity index (χ2n) is 7.99. The highest BCUT2D eigenvalue weighted by Crippen LogP contribution is 2.35. The highest BCUT2D eigenvalue weighted by molar-refractivity contribution is 7.92. The molecule has 3 rings (SSSR count). The van der Waals surface area contributed by atoms with Crippen molar-refractivity contribution in [1.82, 2.24) is 15.0 Å². The molecule has 2 atom stereocenters. The summed E-state index contributed by atoms with van der Waals surface area (Å²) in [7, 11) is -2.31. The van der Waals surface area contributed by atoms with Crippen molar-refractivity contribution < 1.29 is 26.4 Å². The molecule has 2 aromatic heterocycles. The minimum Gasteiger partial charge on any atom is -0.365 e. The van der Waals surface area contributed by atoms with Gasteiger partial charge in [-0.3, -0.25) is 9.10 Å². The molecule has 0 aromatic carbocycles. The molecule has 13 heteroatoms. The van der Waals surface area contributed by atoms with E-state index in [0.717, 1.165) is 10.6 Å². The molecular formula is C20H25F3N6O3S. The van der Waals surface area contributed by atoms with Crippen LogP contribution in [-0.2, 0) is 27.5 Å². The van der Waals surface area contributed by atoms with Crippen LogP contribution in [0.15, 0.2) is 24.5 Å². The Morgan fingerprint density at radius 1 is 1.27 bits per heavy atom. The van der Waals surface area contributed by atoms with Crippen molar-refractivity contribution >= 4 is 33.4 Å². The summed E-state index contributed by atoms with van der Waals surface area (Å²) in [6.45, 7) is 1.37. The summed E-state index contributed by atoms with van der Waals surface area (Å²) in [4.78, 5) is 23.4. The topological polar surface area (TPSA) is 117 Å². The van der Waals surface area contributed by atoms with Gasteiger partial charge in [0.1, 0.15) is 23.0 Å². The van der Waals surface area contributed by atoms with E-state index in [2.05, 4.69) is 25.6 Å². The van der Waals surface area contributed by atoms with Gasteiger partial charge in [0.15, 0.2) is 0 Å². The summed E-state index contributed by atoms with van der Waals surface area (Å²) in [6, 6.07) is 3.00. The summed E-state index contributed by atoms with van der Waals surface area (Å²) in [5.74, 6) is -0.335. The number of ketones is 1. The van der Waals surface area contributed by atoms with E-state index in [-0.39, 0.29) is 36.1 Å². The van der Waals surface area contributed by atoms with Crippen LogP contribution in [0.2, 0.25) is 0 Å². The predicted octanol–water partition coefficient (Wildman–Crippen LogP) is 3.07. The maximum Gasteiger partial charge on any atom is 0.421 e. The van der Waals surface area contributed by atoms with Crippen molar-refractivity contribution in [2.45, 2.75) is 44.9 Å². The van der Waals surface area contributed by atoms with Crippen molar-refractivity contribution in [3.8, 4) is 0 Å². The summed E-state index contributed by atoms with van der Waals surface area (Å²) in [5.41, 5.74) is -0.685. The van der Waals surface area contributed by atoms with Crippen LogP contribution in [0.25, 0.3) is 0 Å². The van der Waals surface area contributed by atoms with E-state index in [1.165, 1.54) is 20.2 Å². The summed E-state index contributed by atoms with van der Waals surface area (Å²) in [6.07, 6.45) is 0.355.